The molecule has 1 saturated heterocycles. The van der Waals surface area contributed by atoms with E-state index in [1.165, 1.54) is 5.56 Å². The molecular weight excluding hydrogens is 302 g/mol. The van der Waals surface area contributed by atoms with Crippen molar-refractivity contribution >= 4 is 17.5 Å². The van der Waals surface area contributed by atoms with Crippen molar-refractivity contribution in [2.75, 3.05) is 31.1 Å². The van der Waals surface area contributed by atoms with Crippen LogP contribution in [0.4, 0.5) is 5.69 Å². The van der Waals surface area contributed by atoms with Crippen molar-refractivity contribution in [1.29, 1.82) is 0 Å². The molecule has 128 valence electrons. The number of benzene rings is 1. The molecule has 1 saturated carbocycles. The van der Waals surface area contributed by atoms with Crippen molar-refractivity contribution in [1.82, 2.24) is 10.2 Å². The monoisotopic (exact) mass is 327 g/mol. The van der Waals surface area contributed by atoms with Crippen LogP contribution in [0.25, 0.3) is 0 Å². The average molecular weight is 327 g/mol. The van der Waals surface area contributed by atoms with Crippen LogP contribution in [0.2, 0.25) is 0 Å². The van der Waals surface area contributed by atoms with Crippen LogP contribution in [0.5, 0.6) is 0 Å². The number of nitrogens with zero attached hydrogens (tertiary/aromatic N) is 2. The van der Waals surface area contributed by atoms with E-state index in [1.54, 1.807) is 0 Å². The Balaban J connectivity index is 1.34. The largest absolute Gasteiger partial charge is 0.353 e. The maximum Gasteiger partial charge on any atom is 0.241 e. The Morgan fingerprint density at radius 1 is 1.12 bits per heavy atom. The zero-order valence-corrected chi connectivity index (χ0v) is 14.0. The van der Waals surface area contributed by atoms with Gasteiger partial charge in [-0.15, -0.1) is 0 Å². The van der Waals surface area contributed by atoms with Crippen LogP contribution in [0.3, 0.4) is 0 Å². The number of rotatable bonds is 4. The van der Waals surface area contributed by atoms with Gasteiger partial charge in [-0.2, -0.15) is 0 Å². The predicted octanol–water partition coefficient (Wildman–Crippen LogP) is 1.57. The fourth-order valence-electron chi connectivity index (χ4n) is 3.81. The second-order valence-electron chi connectivity index (χ2n) is 7.28. The molecule has 5 nitrogen and oxygen atoms in total. The summed E-state index contributed by atoms with van der Waals surface area (Å²) in [5.41, 5.74) is 2.33. The minimum Gasteiger partial charge on any atom is -0.353 e. The minimum absolute atomic E-state index is 0.0482. The smallest absolute Gasteiger partial charge is 0.241 e. The Morgan fingerprint density at radius 2 is 1.96 bits per heavy atom. The third kappa shape index (κ3) is 3.31. The van der Waals surface area contributed by atoms with Crippen molar-refractivity contribution in [2.45, 2.75) is 38.1 Å². The van der Waals surface area contributed by atoms with Gasteiger partial charge in [0.05, 0.1) is 12.5 Å². The first-order chi connectivity index (χ1) is 11.7. The number of hydrogen-bond donors (Lipinski definition) is 1. The normalized spacial score (nSPS) is 23.8. The van der Waals surface area contributed by atoms with E-state index < -0.39 is 0 Å². The summed E-state index contributed by atoms with van der Waals surface area (Å²) in [6, 6.07) is 8.61. The molecule has 0 radical (unpaired) electrons. The first kappa shape index (κ1) is 15.6. The highest BCUT2D eigenvalue weighted by atomic mass is 16.2. The van der Waals surface area contributed by atoms with E-state index in [2.05, 4.69) is 16.3 Å². The van der Waals surface area contributed by atoms with E-state index in [9.17, 15) is 9.59 Å². The molecule has 24 heavy (non-hydrogen) atoms. The highest BCUT2D eigenvalue weighted by Crippen LogP contribution is 2.27. The number of amides is 2. The SMILES string of the molecule is O=C(NC1CC1)C1CCN(CC(=O)N2CCCc3ccccc32)C1. The lowest BCUT2D eigenvalue weighted by molar-refractivity contribution is -0.125. The number of aryl methyl sites for hydroxylation is 1. The van der Waals surface area contributed by atoms with Crippen LogP contribution < -0.4 is 10.2 Å². The summed E-state index contributed by atoms with van der Waals surface area (Å²) in [5, 5.41) is 3.09. The van der Waals surface area contributed by atoms with Crippen molar-refractivity contribution in [3.05, 3.63) is 29.8 Å². The maximum absolute atomic E-state index is 12.8. The van der Waals surface area contributed by atoms with Gasteiger partial charge in [0.1, 0.15) is 0 Å². The second kappa shape index (κ2) is 6.55. The predicted molar refractivity (Wildman–Crippen MR) is 92.8 cm³/mol. The second-order valence-corrected chi connectivity index (χ2v) is 7.28. The van der Waals surface area contributed by atoms with Gasteiger partial charge in [0, 0.05) is 24.8 Å². The Kier molecular flexibility index (Phi) is 4.27. The number of fused-ring (bicyclic) bond motifs is 1. The number of para-hydroxylation sites is 1. The third-order valence-electron chi connectivity index (χ3n) is 5.34. The van der Waals surface area contributed by atoms with Gasteiger partial charge in [-0.3, -0.25) is 14.5 Å². The Morgan fingerprint density at radius 3 is 2.79 bits per heavy atom. The van der Waals surface area contributed by atoms with E-state index in [4.69, 9.17) is 0 Å². The van der Waals surface area contributed by atoms with Crippen molar-refractivity contribution in [3.8, 4) is 0 Å². The molecule has 1 aromatic rings. The summed E-state index contributed by atoms with van der Waals surface area (Å²) in [6.45, 7) is 2.76. The third-order valence-corrected chi connectivity index (χ3v) is 5.34. The van der Waals surface area contributed by atoms with Crippen LogP contribution >= 0.6 is 0 Å². The standard InChI is InChI=1S/C19H25N3O2/c23-18(22-10-3-5-14-4-1-2-6-17(14)22)13-21-11-9-15(12-21)19(24)20-16-7-8-16/h1-2,4,6,15-16H,3,5,7-13H2,(H,20,24). The van der Waals surface area contributed by atoms with Gasteiger partial charge in [0.2, 0.25) is 11.8 Å². The molecule has 0 bridgehead atoms. The average Bonchev–Trinajstić information content (AvgIpc) is 3.29. The lowest BCUT2D eigenvalue weighted by Gasteiger charge is -2.30. The van der Waals surface area contributed by atoms with Crippen LogP contribution in [0, 0.1) is 5.92 Å². The fraction of sp³-hybridized carbons (Fsp3) is 0.579. The van der Waals surface area contributed by atoms with E-state index >= 15 is 0 Å². The van der Waals surface area contributed by atoms with Gasteiger partial charge < -0.3 is 10.2 Å². The van der Waals surface area contributed by atoms with E-state index in [1.807, 2.05) is 23.1 Å². The molecule has 1 unspecified atom stereocenters. The minimum atomic E-state index is 0.0482. The van der Waals surface area contributed by atoms with Gasteiger partial charge in [-0.25, -0.2) is 0 Å². The molecule has 4 rings (SSSR count). The van der Waals surface area contributed by atoms with Crippen molar-refractivity contribution < 1.29 is 9.59 Å². The molecule has 2 amide bonds. The molecular formula is C19H25N3O2. The molecule has 1 N–H and O–H groups in total. The fourth-order valence-corrected chi connectivity index (χ4v) is 3.81. The van der Waals surface area contributed by atoms with Crippen LogP contribution in [0.15, 0.2) is 24.3 Å². The number of hydrogen-bond acceptors (Lipinski definition) is 3. The quantitative estimate of drug-likeness (QED) is 0.913. The Hall–Kier alpha value is -1.88. The number of carbonyl (C=O) groups is 2. The molecule has 2 aliphatic heterocycles. The molecule has 1 aliphatic carbocycles. The van der Waals surface area contributed by atoms with E-state index in [0.29, 0.717) is 19.1 Å². The van der Waals surface area contributed by atoms with Gasteiger partial charge in [0.25, 0.3) is 0 Å². The zero-order valence-electron chi connectivity index (χ0n) is 14.0. The summed E-state index contributed by atoms with van der Waals surface area (Å²) in [4.78, 5) is 29.0. The summed E-state index contributed by atoms with van der Waals surface area (Å²) in [7, 11) is 0. The highest BCUT2D eigenvalue weighted by Gasteiger charge is 2.33. The van der Waals surface area contributed by atoms with E-state index in [-0.39, 0.29) is 17.7 Å². The van der Waals surface area contributed by atoms with Crippen LogP contribution in [-0.4, -0.2) is 48.9 Å². The molecule has 3 aliphatic rings. The molecule has 0 spiro atoms. The van der Waals surface area contributed by atoms with Crippen molar-refractivity contribution in [2.24, 2.45) is 5.92 Å². The molecule has 1 aromatic carbocycles. The lowest BCUT2D eigenvalue weighted by Crippen LogP contribution is -2.42. The van der Waals surface area contributed by atoms with E-state index in [0.717, 1.165) is 50.9 Å². The number of nitrogens with one attached hydrogen (secondary N) is 1. The molecule has 2 heterocycles. The first-order valence-electron chi connectivity index (χ1n) is 9.12. The zero-order chi connectivity index (χ0) is 16.5. The van der Waals surface area contributed by atoms with Crippen molar-refractivity contribution in [3.63, 3.8) is 0 Å². The number of anilines is 1. The van der Waals surface area contributed by atoms with Gasteiger partial charge in [-0.1, -0.05) is 18.2 Å². The summed E-state index contributed by atoms with van der Waals surface area (Å²) < 4.78 is 0. The lowest BCUT2D eigenvalue weighted by atomic mass is 10.0. The highest BCUT2D eigenvalue weighted by molar-refractivity contribution is 5.96. The molecule has 1 atom stereocenters. The number of carbonyl (C=O) groups excluding carboxylic acids is 2. The maximum atomic E-state index is 12.8. The molecule has 5 heteroatoms. The van der Waals surface area contributed by atoms with Gasteiger partial charge in [0.15, 0.2) is 0 Å². The number of likely N-dealkylation sites (tertiary alicyclic amines) is 1. The topological polar surface area (TPSA) is 52.7 Å². The Bertz CT molecular complexity index is 641. The van der Waals surface area contributed by atoms with Crippen LogP contribution in [0.1, 0.15) is 31.2 Å². The Labute approximate surface area is 143 Å². The van der Waals surface area contributed by atoms with Gasteiger partial charge >= 0.3 is 0 Å². The van der Waals surface area contributed by atoms with Crippen LogP contribution in [-0.2, 0) is 16.0 Å². The van der Waals surface area contributed by atoms with Gasteiger partial charge in [-0.05, 0) is 50.3 Å². The summed E-state index contributed by atoms with van der Waals surface area (Å²) in [5.74, 6) is 0.383. The first-order valence-corrected chi connectivity index (χ1v) is 9.12. The molecule has 2 fully saturated rings. The summed E-state index contributed by atoms with van der Waals surface area (Å²) in [6.07, 6.45) is 5.18. The molecule has 0 aromatic heterocycles. The summed E-state index contributed by atoms with van der Waals surface area (Å²) >= 11 is 0.